The third kappa shape index (κ3) is 1.56. The van der Waals surface area contributed by atoms with Crippen LogP contribution in [0.25, 0.3) is 11.4 Å². The number of thiazole rings is 1. The van der Waals surface area contributed by atoms with Crippen LogP contribution in [0.4, 0.5) is 0 Å². The first kappa shape index (κ1) is 9.36. The molecule has 5 heteroatoms. The van der Waals surface area contributed by atoms with Crippen LogP contribution in [0, 0.1) is 0 Å². The number of aryl methyl sites for hydroxylation is 1. The lowest BCUT2D eigenvalue weighted by molar-refractivity contribution is 0.666. The summed E-state index contributed by atoms with van der Waals surface area (Å²) < 4.78 is 1.93. The molecule has 0 atom stereocenters. The summed E-state index contributed by atoms with van der Waals surface area (Å²) in [5.41, 5.74) is 7.54. The molecular weight excluding hydrogens is 196 g/mol. The molecule has 0 fully saturated rings. The zero-order valence-electron chi connectivity index (χ0n) is 7.97. The fraction of sp³-hybridized carbons (Fsp3) is 0.333. The zero-order chi connectivity index (χ0) is 9.97. The van der Waals surface area contributed by atoms with E-state index in [9.17, 15) is 0 Å². The lowest BCUT2D eigenvalue weighted by Gasteiger charge is -2.00. The Kier molecular flexibility index (Phi) is 2.60. The standard InChI is InChI=1S/C9H12N4S/c1-2-13-8(3-4-11-13)7-6-14-9(5-10)12-7/h3-4,6H,2,5,10H2,1H3. The maximum Gasteiger partial charge on any atom is 0.107 e. The van der Waals surface area contributed by atoms with E-state index in [0.717, 1.165) is 22.9 Å². The summed E-state index contributed by atoms with van der Waals surface area (Å²) in [7, 11) is 0. The van der Waals surface area contributed by atoms with Gasteiger partial charge in [0.25, 0.3) is 0 Å². The van der Waals surface area contributed by atoms with E-state index in [0.29, 0.717) is 6.54 Å². The quantitative estimate of drug-likeness (QED) is 0.831. The minimum atomic E-state index is 0.505. The Balaban J connectivity index is 2.38. The molecule has 0 amide bonds. The van der Waals surface area contributed by atoms with Crippen molar-refractivity contribution in [1.29, 1.82) is 0 Å². The Hall–Kier alpha value is -1.20. The Morgan fingerprint density at radius 2 is 2.43 bits per heavy atom. The van der Waals surface area contributed by atoms with Crippen molar-refractivity contribution in [2.75, 3.05) is 0 Å². The van der Waals surface area contributed by atoms with Crippen molar-refractivity contribution in [3.05, 3.63) is 22.7 Å². The molecule has 0 radical (unpaired) electrons. The van der Waals surface area contributed by atoms with Crippen LogP contribution in [0.3, 0.4) is 0 Å². The highest BCUT2D eigenvalue weighted by molar-refractivity contribution is 7.09. The number of hydrogen-bond acceptors (Lipinski definition) is 4. The zero-order valence-corrected chi connectivity index (χ0v) is 8.79. The van der Waals surface area contributed by atoms with Gasteiger partial charge in [-0.1, -0.05) is 0 Å². The molecule has 0 aliphatic heterocycles. The third-order valence-corrected chi connectivity index (χ3v) is 2.88. The molecule has 0 spiro atoms. The third-order valence-electron chi connectivity index (χ3n) is 2.00. The summed E-state index contributed by atoms with van der Waals surface area (Å²) in [5, 5.41) is 7.18. The van der Waals surface area contributed by atoms with Crippen LogP contribution in [0.1, 0.15) is 11.9 Å². The van der Waals surface area contributed by atoms with Gasteiger partial charge in [-0.3, -0.25) is 4.68 Å². The summed E-state index contributed by atoms with van der Waals surface area (Å²) in [6.45, 7) is 3.43. The number of nitrogens with two attached hydrogens (primary N) is 1. The molecule has 2 aromatic heterocycles. The monoisotopic (exact) mass is 208 g/mol. The van der Waals surface area contributed by atoms with Gasteiger partial charge in [-0.15, -0.1) is 11.3 Å². The van der Waals surface area contributed by atoms with Crippen molar-refractivity contribution in [2.45, 2.75) is 20.0 Å². The molecule has 4 nitrogen and oxygen atoms in total. The summed E-state index contributed by atoms with van der Waals surface area (Å²) in [4.78, 5) is 4.41. The molecule has 0 unspecified atom stereocenters. The van der Waals surface area contributed by atoms with E-state index in [1.54, 1.807) is 17.5 Å². The number of nitrogens with zero attached hydrogens (tertiary/aromatic N) is 3. The second-order valence-corrected chi connectivity index (χ2v) is 3.81. The van der Waals surface area contributed by atoms with Crippen LogP contribution in [-0.4, -0.2) is 14.8 Å². The van der Waals surface area contributed by atoms with Gasteiger partial charge >= 0.3 is 0 Å². The van der Waals surface area contributed by atoms with E-state index in [1.165, 1.54) is 0 Å². The molecule has 0 aliphatic carbocycles. The summed E-state index contributed by atoms with van der Waals surface area (Å²) in [5.74, 6) is 0. The van der Waals surface area contributed by atoms with E-state index in [1.807, 2.05) is 16.1 Å². The minimum absolute atomic E-state index is 0.505. The van der Waals surface area contributed by atoms with E-state index < -0.39 is 0 Å². The molecule has 0 saturated heterocycles. The highest BCUT2D eigenvalue weighted by atomic mass is 32.1. The maximum atomic E-state index is 5.51. The Labute approximate surface area is 86.4 Å². The predicted octanol–water partition coefficient (Wildman–Crippen LogP) is 1.49. The molecule has 2 heterocycles. The molecule has 2 aromatic rings. The van der Waals surface area contributed by atoms with Gasteiger partial charge in [-0.05, 0) is 13.0 Å². The molecule has 14 heavy (non-hydrogen) atoms. The van der Waals surface area contributed by atoms with E-state index in [4.69, 9.17) is 5.73 Å². The summed E-state index contributed by atoms with van der Waals surface area (Å²) in [6.07, 6.45) is 1.79. The number of hydrogen-bond donors (Lipinski definition) is 1. The molecule has 0 aromatic carbocycles. The van der Waals surface area contributed by atoms with Gasteiger partial charge < -0.3 is 5.73 Å². The fourth-order valence-electron chi connectivity index (χ4n) is 1.32. The highest BCUT2D eigenvalue weighted by Gasteiger charge is 2.07. The van der Waals surface area contributed by atoms with Crippen molar-refractivity contribution in [3.8, 4) is 11.4 Å². The van der Waals surface area contributed by atoms with E-state index in [-0.39, 0.29) is 0 Å². The number of aromatic nitrogens is 3. The average molecular weight is 208 g/mol. The van der Waals surface area contributed by atoms with Crippen LogP contribution < -0.4 is 5.73 Å². The molecule has 74 valence electrons. The van der Waals surface area contributed by atoms with Crippen LogP contribution in [0.15, 0.2) is 17.6 Å². The van der Waals surface area contributed by atoms with Gasteiger partial charge in [0, 0.05) is 24.7 Å². The Morgan fingerprint density at radius 3 is 3.07 bits per heavy atom. The normalized spacial score (nSPS) is 10.7. The second kappa shape index (κ2) is 3.89. The maximum absolute atomic E-state index is 5.51. The topological polar surface area (TPSA) is 56.7 Å². The van der Waals surface area contributed by atoms with Gasteiger partial charge in [0.2, 0.25) is 0 Å². The molecule has 2 rings (SSSR count). The predicted molar refractivity (Wildman–Crippen MR) is 56.9 cm³/mol. The lowest BCUT2D eigenvalue weighted by Crippen LogP contribution is -1.99. The van der Waals surface area contributed by atoms with Crippen molar-refractivity contribution in [2.24, 2.45) is 5.73 Å². The first-order valence-corrected chi connectivity index (χ1v) is 5.39. The average Bonchev–Trinajstić information content (AvgIpc) is 2.85. The Bertz CT molecular complexity index is 418. The first-order valence-electron chi connectivity index (χ1n) is 4.51. The largest absolute Gasteiger partial charge is 0.325 e. The van der Waals surface area contributed by atoms with Gasteiger partial charge in [0.15, 0.2) is 0 Å². The molecule has 0 saturated carbocycles. The van der Waals surface area contributed by atoms with Crippen LogP contribution in [0.2, 0.25) is 0 Å². The molecular formula is C9H12N4S. The SMILES string of the molecule is CCn1nccc1-c1csc(CN)n1. The summed E-state index contributed by atoms with van der Waals surface area (Å²) >= 11 is 1.59. The highest BCUT2D eigenvalue weighted by Crippen LogP contribution is 2.21. The summed E-state index contributed by atoms with van der Waals surface area (Å²) in [6, 6.07) is 1.97. The number of rotatable bonds is 3. The van der Waals surface area contributed by atoms with Gasteiger partial charge in [0.1, 0.15) is 5.01 Å². The molecule has 0 aliphatic rings. The second-order valence-electron chi connectivity index (χ2n) is 2.86. The van der Waals surface area contributed by atoms with Crippen LogP contribution >= 0.6 is 11.3 Å². The minimum Gasteiger partial charge on any atom is -0.325 e. The fourth-order valence-corrected chi connectivity index (χ4v) is 1.99. The van der Waals surface area contributed by atoms with Crippen LogP contribution in [-0.2, 0) is 13.1 Å². The first-order chi connectivity index (χ1) is 6.85. The van der Waals surface area contributed by atoms with Gasteiger partial charge in [0.05, 0.1) is 11.4 Å². The van der Waals surface area contributed by atoms with Gasteiger partial charge in [-0.25, -0.2) is 4.98 Å². The van der Waals surface area contributed by atoms with Gasteiger partial charge in [-0.2, -0.15) is 5.10 Å². The van der Waals surface area contributed by atoms with E-state index in [2.05, 4.69) is 17.0 Å². The molecule has 0 bridgehead atoms. The van der Waals surface area contributed by atoms with Crippen molar-refractivity contribution in [3.63, 3.8) is 0 Å². The smallest absolute Gasteiger partial charge is 0.107 e. The van der Waals surface area contributed by atoms with Crippen molar-refractivity contribution in [1.82, 2.24) is 14.8 Å². The van der Waals surface area contributed by atoms with Crippen molar-refractivity contribution >= 4 is 11.3 Å². The lowest BCUT2D eigenvalue weighted by atomic mass is 10.3. The van der Waals surface area contributed by atoms with Crippen molar-refractivity contribution < 1.29 is 0 Å². The molecule has 2 N–H and O–H groups in total. The Morgan fingerprint density at radius 1 is 1.57 bits per heavy atom. The van der Waals surface area contributed by atoms with Crippen LogP contribution in [0.5, 0.6) is 0 Å². The van der Waals surface area contributed by atoms with E-state index >= 15 is 0 Å².